The second-order valence-corrected chi connectivity index (χ2v) is 4.50. The monoisotopic (exact) mass is 298 g/mol. The highest BCUT2D eigenvalue weighted by atomic mass is 79.9. The van der Waals surface area contributed by atoms with E-state index in [0.717, 1.165) is 10.0 Å². The first kappa shape index (κ1) is 13.7. The van der Waals surface area contributed by atoms with Crippen molar-refractivity contribution in [2.24, 2.45) is 0 Å². The number of aryl methyl sites for hydroxylation is 1. The maximum Gasteiger partial charge on any atom is 0.243 e. The van der Waals surface area contributed by atoms with Crippen LogP contribution in [0.1, 0.15) is 18.9 Å². The quantitative estimate of drug-likeness (QED) is 0.895. The Kier molecular flexibility index (Phi) is 5.15. The van der Waals surface area contributed by atoms with E-state index >= 15 is 0 Å². The number of anilines is 1. The van der Waals surface area contributed by atoms with Gasteiger partial charge in [0.2, 0.25) is 11.8 Å². The summed E-state index contributed by atoms with van der Waals surface area (Å²) in [5, 5.41) is 5.22. The number of rotatable bonds is 4. The van der Waals surface area contributed by atoms with Crippen LogP contribution >= 0.6 is 15.9 Å². The van der Waals surface area contributed by atoms with E-state index in [4.69, 9.17) is 0 Å². The molecule has 0 heterocycles. The molecule has 0 saturated carbocycles. The lowest BCUT2D eigenvalue weighted by atomic mass is 10.2. The van der Waals surface area contributed by atoms with Crippen LogP contribution in [0.2, 0.25) is 0 Å². The molecule has 17 heavy (non-hydrogen) atoms. The van der Waals surface area contributed by atoms with E-state index < -0.39 is 0 Å². The van der Waals surface area contributed by atoms with Crippen molar-refractivity contribution in [1.82, 2.24) is 5.32 Å². The highest BCUT2D eigenvalue weighted by Crippen LogP contribution is 2.20. The Morgan fingerprint density at radius 3 is 2.59 bits per heavy atom. The second kappa shape index (κ2) is 6.39. The Labute approximate surface area is 109 Å². The van der Waals surface area contributed by atoms with Crippen LogP contribution in [0.25, 0.3) is 0 Å². The standard InChI is InChI=1S/C12H15BrN2O2/c1-3-11(16)14-7-12(17)15-9-5-4-8(2)10(13)6-9/h4-6H,3,7H2,1-2H3,(H,14,16)(H,15,17). The van der Waals surface area contributed by atoms with Crippen LogP contribution in [0.5, 0.6) is 0 Å². The van der Waals surface area contributed by atoms with Crippen molar-refractivity contribution in [2.45, 2.75) is 20.3 Å². The van der Waals surface area contributed by atoms with Gasteiger partial charge in [0.1, 0.15) is 0 Å². The molecular weight excluding hydrogens is 284 g/mol. The van der Waals surface area contributed by atoms with E-state index in [9.17, 15) is 9.59 Å². The Morgan fingerprint density at radius 1 is 1.29 bits per heavy atom. The Hall–Kier alpha value is -1.36. The highest BCUT2D eigenvalue weighted by Gasteiger charge is 2.05. The molecule has 92 valence electrons. The SMILES string of the molecule is CCC(=O)NCC(=O)Nc1ccc(C)c(Br)c1. The topological polar surface area (TPSA) is 58.2 Å². The molecule has 5 heteroatoms. The lowest BCUT2D eigenvalue weighted by Gasteiger charge is -2.07. The van der Waals surface area contributed by atoms with Crippen LogP contribution in [0.4, 0.5) is 5.69 Å². The predicted molar refractivity (Wildman–Crippen MR) is 70.8 cm³/mol. The zero-order chi connectivity index (χ0) is 12.8. The largest absolute Gasteiger partial charge is 0.347 e. The van der Waals surface area contributed by atoms with Crippen LogP contribution in [-0.2, 0) is 9.59 Å². The van der Waals surface area contributed by atoms with Gasteiger partial charge in [-0.15, -0.1) is 0 Å². The third-order valence-electron chi connectivity index (χ3n) is 2.22. The minimum atomic E-state index is -0.234. The summed E-state index contributed by atoms with van der Waals surface area (Å²) in [6, 6.07) is 5.55. The smallest absolute Gasteiger partial charge is 0.243 e. The minimum absolute atomic E-state index is 0.00182. The number of hydrogen-bond acceptors (Lipinski definition) is 2. The van der Waals surface area contributed by atoms with Gasteiger partial charge in [-0.3, -0.25) is 9.59 Å². The molecule has 4 nitrogen and oxygen atoms in total. The Balaban J connectivity index is 2.50. The van der Waals surface area contributed by atoms with Gasteiger partial charge in [0.15, 0.2) is 0 Å². The van der Waals surface area contributed by atoms with E-state index in [1.54, 1.807) is 6.92 Å². The van der Waals surface area contributed by atoms with E-state index in [1.807, 2.05) is 25.1 Å². The summed E-state index contributed by atoms with van der Waals surface area (Å²) in [6.45, 7) is 3.71. The lowest BCUT2D eigenvalue weighted by Crippen LogP contribution is -2.32. The normalized spacial score (nSPS) is 9.82. The van der Waals surface area contributed by atoms with Crippen molar-refractivity contribution < 1.29 is 9.59 Å². The van der Waals surface area contributed by atoms with Gasteiger partial charge in [-0.05, 0) is 24.6 Å². The third kappa shape index (κ3) is 4.56. The number of carbonyl (C=O) groups excluding carboxylic acids is 2. The zero-order valence-corrected chi connectivity index (χ0v) is 11.4. The van der Waals surface area contributed by atoms with E-state index in [-0.39, 0.29) is 18.4 Å². The summed E-state index contributed by atoms with van der Waals surface area (Å²) in [7, 11) is 0. The minimum Gasteiger partial charge on any atom is -0.347 e. The van der Waals surface area contributed by atoms with E-state index in [2.05, 4.69) is 26.6 Å². The number of nitrogens with one attached hydrogen (secondary N) is 2. The van der Waals surface area contributed by atoms with Crippen molar-refractivity contribution >= 4 is 33.4 Å². The fourth-order valence-electron chi connectivity index (χ4n) is 1.18. The number of amides is 2. The molecule has 0 unspecified atom stereocenters. The summed E-state index contributed by atoms with van der Waals surface area (Å²) < 4.78 is 0.938. The maximum absolute atomic E-state index is 11.5. The molecule has 0 fully saturated rings. The number of halogens is 1. The van der Waals surface area contributed by atoms with Gasteiger partial charge < -0.3 is 10.6 Å². The first-order valence-electron chi connectivity index (χ1n) is 5.35. The van der Waals surface area contributed by atoms with Crippen LogP contribution in [0.3, 0.4) is 0 Å². The van der Waals surface area contributed by atoms with Gasteiger partial charge in [0.25, 0.3) is 0 Å². The van der Waals surface area contributed by atoms with E-state index in [0.29, 0.717) is 12.1 Å². The summed E-state index contributed by atoms with van der Waals surface area (Å²) in [4.78, 5) is 22.5. The van der Waals surface area contributed by atoms with Crippen LogP contribution in [0.15, 0.2) is 22.7 Å². The second-order valence-electron chi connectivity index (χ2n) is 3.64. The van der Waals surface area contributed by atoms with Gasteiger partial charge in [0, 0.05) is 16.6 Å². The molecule has 0 aliphatic heterocycles. The predicted octanol–water partition coefficient (Wildman–Crippen LogP) is 2.22. The lowest BCUT2D eigenvalue weighted by molar-refractivity contribution is -0.123. The molecular formula is C12H15BrN2O2. The van der Waals surface area contributed by atoms with Crippen LogP contribution in [-0.4, -0.2) is 18.4 Å². The maximum atomic E-state index is 11.5. The third-order valence-corrected chi connectivity index (χ3v) is 3.08. The molecule has 0 aliphatic rings. The van der Waals surface area contributed by atoms with Gasteiger partial charge in [-0.2, -0.15) is 0 Å². The fraction of sp³-hybridized carbons (Fsp3) is 0.333. The first-order chi connectivity index (χ1) is 8.02. The molecule has 0 spiro atoms. The van der Waals surface area contributed by atoms with Crippen molar-refractivity contribution in [3.63, 3.8) is 0 Å². The molecule has 0 aromatic heterocycles. The van der Waals surface area contributed by atoms with Crippen molar-refractivity contribution in [1.29, 1.82) is 0 Å². The molecule has 0 bridgehead atoms. The van der Waals surface area contributed by atoms with Crippen molar-refractivity contribution in [3.05, 3.63) is 28.2 Å². The fourth-order valence-corrected chi connectivity index (χ4v) is 1.56. The Bertz CT molecular complexity index is 433. The number of hydrogen-bond donors (Lipinski definition) is 2. The summed E-state index contributed by atoms with van der Waals surface area (Å²) in [5.74, 6) is -0.368. The summed E-state index contributed by atoms with van der Waals surface area (Å²) >= 11 is 3.39. The molecule has 2 amide bonds. The molecule has 0 aliphatic carbocycles. The molecule has 0 atom stereocenters. The molecule has 1 aromatic rings. The molecule has 0 radical (unpaired) electrons. The molecule has 1 rings (SSSR count). The molecule has 0 saturated heterocycles. The first-order valence-corrected chi connectivity index (χ1v) is 6.15. The van der Waals surface area contributed by atoms with Gasteiger partial charge in [-0.25, -0.2) is 0 Å². The number of benzene rings is 1. The van der Waals surface area contributed by atoms with Crippen molar-refractivity contribution in [2.75, 3.05) is 11.9 Å². The van der Waals surface area contributed by atoms with Gasteiger partial charge in [-0.1, -0.05) is 28.9 Å². The van der Waals surface area contributed by atoms with Crippen molar-refractivity contribution in [3.8, 4) is 0 Å². The summed E-state index contributed by atoms with van der Waals surface area (Å²) in [5.41, 5.74) is 1.81. The zero-order valence-electron chi connectivity index (χ0n) is 9.84. The van der Waals surface area contributed by atoms with E-state index in [1.165, 1.54) is 0 Å². The van der Waals surface area contributed by atoms with Gasteiger partial charge >= 0.3 is 0 Å². The van der Waals surface area contributed by atoms with Gasteiger partial charge in [0.05, 0.1) is 6.54 Å². The number of carbonyl (C=O) groups is 2. The summed E-state index contributed by atoms with van der Waals surface area (Å²) in [6.07, 6.45) is 0.378. The molecule has 1 aromatic carbocycles. The average Bonchev–Trinajstić information content (AvgIpc) is 2.31. The van der Waals surface area contributed by atoms with Crippen LogP contribution < -0.4 is 10.6 Å². The average molecular weight is 299 g/mol. The Morgan fingerprint density at radius 2 is 2.00 bits per heavy atom. The van der Waals surface area contributed by atoms with Crippen LogP contribution in [0, 0.1) is 6.92 Å². The highest BCUT2D eigenvalue weighted by molar-refractivity contribution is 9.10. The molecule has 2 N–H and O–H groups in total.